The van der Waals surface area contributed by atoms with Gasteiger partial charge in [-0.1, -0.05) is 13.8 Å². The third-order valence-electron chi connectivity index (χ3n) is 3.86. The molecule has 0 spiro atoms. The quantitative estimate of drug-likeness (QED) is 0.827. The molecular formula is C15H32N4O. The minimum atomic E-state index is 0.0876. The summed E-state index contributed by atoms with van der Waals surface area (Å²) in [4.78, 5) is 18.8. The molecular weight excluding hydrogens is 252 g/mol. The van der Waals surface area contributed by atoms with Gasteiger partial charge >= 0.3 is 6.03 Å². The second-order valence-electron chi connectivity index (χ2n) is 6.72. The average molecular weight is 284 g/mol. The number of carbonyl (C=O) groups is 1. The highest BCUT2D eigenvalue weighted by Gasteiger charge is 2.31. The molecule has 118 valence electrons. The van der Waals surface area contributed by atoms with Crippen LogP contribution in [0, 0.1) is 5.92 Å². The van der Waals surface area contributed by atoms with Crippen molar-refractivity contribution in [3.8, 4) is 0 Å². The van der Waals surface area contributed by atoms with Crippen LogP contribution in [-0.4, -0.2) is 79.6 Å². The average Bonchev–Trinajstić information content (AvgIpc) is 2.34. The molecule has 1 heterocycles. The molecule has 5 nitrogen and oxygen atoms in total. The van der Waals surface area contributed by atoms with E-state index >= 15 is 0 Å². The van der Waals surface area contributed by atoms with Crippen LogP contribution in [0.4, 0.5) is 4.79 Å². The third-order valence-corrected chi connectivity index (χ3v) is 3.86. The van der Waals surface area contributed by atoms with Gasteiger partial charge in [0.2, 0.25) is 0 Å². The summed E-state index contributed by atoms with van der Waals surface area (Å²) < 4.78 is 0. The van der Waals surface area contributed by atoms with Gasteiger partial charge in [0.05, 0.1) is 0 Å². The fraction of sp³-hybridized carbons (Fsp3) is 0.933. The molecule has 1 rings (SSSR count). The maximum absolute atomic E-state index is 12.2. The molecule has 1 N–H and O–H groups in total. The molecule has 1 aliphatic rings. The maximum atomic E-state index is 12.2. The normalized spacial score (nSPS) is 24.5. The Morgan fingerprint density at radius 1 is 1.25 bits per heavy atom. The molecule has 0 bridgehead atoms. The van der Waals surface area contributed by atoms with Crippen molar-refractivity contribution in [1.82, 2.24) is 20.0 Å². The van der Waals surface area contributed by atoms with Crippen LogP contribution in [0.5, 0.6) is 0 Å². The number of rotatable bonds is 5. The van der Waals surface area contributed by atoms with E-state index < -0.39 is 0 Å². The zero-order valence-corrected chi connectivity index (χ0v) is 14.0. The van der Waals surface area contributed by atoms with Crippen LogP contribution in [-0.2, 0) is 0 Å². The molecule has 1 fully saturated rings. The fourth-order valence-corrected chi connectivity index (χ4v) is 2.68. The molecule has 0 aromatic rings. The van der Waals surface area contributed by atoms with Crippen LogP contribution < -0.4 is 5.32 Å². The molecule has 2 atom stereocenters. The predicted octanol–water partition coefficient (Wildman–Crippen LogP) is 1.31. The van der Waals surface area contributed by atoms with E-state index in [9.17, 15) is 4.79 Å². The first-order valence-electron chi connectivity index (χ1n) is 7.74. The lowest BCUT2D eigenvalue weighted by Gasteiger charge is -2.44. The van der Waals surface area contributed by atoms with Crippen LogP contribution >= 0.6 is 0 Å². The molecule has 0 aromatic heterocycles. The Hall–Kier alpha value is -0.810. The van der Waals surface area contributed by atoms with Crippen molar-refractivity contribution in [3.05, 3.63) is 0 Å². The van der Waals surface area contributed by atoms with Crippen LogP contribution in [0.15, 0.2) is 0 Å². The van der Waals surface area contributed by atoms with Crippen LogP contribution in [0.3, 0.4) is 0 Å². The number of piperazine rings is 1. The highest BCUT2D eigenvalue weighted by Crippen LogP contribution is 2.15. The molecule has 2 unspecified atom stereocenters. The first-order chi connectivity index (χ1) is 9.31. The van der Waals surface area contributed by atoms with E-state index in [1.165, 1.54) is 0 Å². The lowest BCUT2D eigenvalue weighted by atomic mass is 10.1. The second-order valence-corrected chi connectivity index (χ2v) is 6.72. The largest absolute Gasteiger partial charge is 0.338 e. The van der Waals surface area contributed by atoms with Crippen molar-refractivity contribution in [2.75, 3.05) is 46.8 Å². The summed E-state index contributed by atoms with van der Waals surface area (Å²) in [6.07, 6.45) is 0. The number of likely N-dealkylation sites (N-methyl/N-ethyl adjacent to an activating group) is 1. The Labute approximate surface area is 124 Å². The molecule has 0 saturated carbocycles. The molecule has 0 aliphatic carbocycles. The molecule has 20 heavy (non-hydrogen) atoms. The second kappa shape index (κ2) is 7.84. The first-order valence-corrected chi connectivity index (χ1v) is 7.74. The van der Waals surface area contributed by atoms with E-state index in [0.717, 1.165) is 32.7 Å². The van der Waals surface area contributed by atoms with Gasteiger partial charge in [-0.2, -0.15) is 0 Å². The van der Waals surface area contributed by atoms with Gasteiger partial charge in [-0.05, 0) is 33.9 Å². The zero-order valence-electron chi connectivity index (χ0n) is 14.0. The number of hydrogen-bond acceptors (Lipinski definition) is 3. The van der Waals surface area contributed by atoms with Gasteiger partial charge in [0.15, 0.2) is 0 Å². The Balaban J connectivity index is 2.48. The lowest BCUT2D eigenvalue weighted by molar-refractivity contribution is 0.0506. The Kier molecular flexibility index (Phi) is 6.76. The van der Waals surface area contributed by atoms with Crippen molar-refractivity contribution in [2.24, 2.45) is 5.92 Å². The standard InChI is InChI=1S/C15H32N4O/c1-12(2)9-16-15(20)18-10-13(3)19(14(4)11-18)8-7-17(5)6/h12-14H,7-11H2,1-6H3,(H,16,20). The summed E-state index contributed by atoms with van der Waals surface area (Å²) in [6.45, 7) is 13.2. The number of urea groups is 1. The van der Waals surface area contributed by atoms with Gasteiger partial charge in [0.1, 0.15) is 0 Å². The van der Waals surface area contributed by atoms with E-state index in [0.29, 0.717) is 18.0 Å². The van der Waals surface area contributed by atoms with E-state index in [1.807, 2.05) is 4.90 Å². The van der Waals surface area contributed by atoms with Gasteiger partial charge in [0.25, 0.3) is 0 Å². The number of nitrogens with one attached hydrogen (secondary N) is 1. The van der Waals surface area contributed by atoms with E-state index in [4.69, 9.17) is 0 Å². The minimum absolute atomic E-state index is 0.0876. The molecule has 1 saturated heterocycles. The van der Waals surface area contributed by atoms with Gasteiger partial charge in [0, 0.05) is 44.8 Å². The SMILES string of the molecule is CC(C)CNC(=O)N1CC(C)N(CCN(C)C)C(C)C1. The van der Waals surface area contributed by atoms with Crippen LogP contribution in [0.2, 0.25) is 0 Å². The van der Waals surface area contributed by atoms with Crippen molar-refractivity contribution in [3.63, 3.8) is 0 Å². The minimum Gasteiger partial charge on any atom is -0.338 e. The summed E-state index contributed by atoms with van der Waals surface area (Å²) in [6, 6.07) is 0.927. The van der Waals surface area contributed by atoms with Gasteiger partial charge < -0.3 is 15.1 Å². The first kappa shape index (κ1) is 17.2. The summed E-state index contributed by atoms with van der Waals surface area (Å²) >= 11 is 0. The highest BCUT2D eigenvalue weighted by atomic mass is 16.2. The van der Waals surface area contributed by atoms with Crippen LogP contribution in [0.25, 0.3) is 0 Å². The Morgan fingerprint density at radius 3 is 2.25 bits per heavy atom. The van der Waals surface area contributed by atoms with Gasteiger partial charge in [-0.3, -0.25) is 4.90 Å². The smallest absolute Gasteiger partial charge is 0.317 e. The van der Waals surface area contributed by atoms with Crippen molar-refractivity contribution < 1.29 is 4.79 Å². The lowest BCUT2D eigenvalue weighted by Crippen LogP contribution is -2.60. The topological polar surface area (TPSA) is 38.8 Å². The molecule has 5 heteroatoms. The van der Waals surface area contributed by atoms with E-state index in [2.05, 4.69) is 56.9 Å². The summed E-state index contributed by atoms with van der Waals surface area (Å²) in [5, 5.41) is 3.02. The molecule has 1 aliphatic heterocycles. The summed E-state index contributed by atoms with van der Waals surface area (Å²) in [5.41, 5.74) is 0. The van der Waals surface area contributed by atoms with Gasteiger partial charge in [-0.25, -0.2) is 4.79 Å². The Bertz CT molecular complexity index is 294. The zero-order chi connectivity index (χ0) is 15.3. The number of amides is 2. The maximum Gasteiger partial charge on any atom is 0.317 e. The van der Waals surface area contributed by atoms with Crippen LogP contribution in [0.1, 0.15) is 27.7 Å². The third kappa shape index (κ3) is 5.29. The fourth-order valence-electron chi connectivity index (χ4n) is 2.68. The highest BCUT2D eigenvalue weighted by molar-refractivity contribution is 5.74. The van der Waals surface area contributed by atoms with Gasteiger partial charge in [-0.15, -0.1) is 0 Å². The van der Waals surface area contributed by atoms with E-state index in [1.54, 1.807) is 0 Å². The van der Waals surface area contributed by atoms with Crippen molar-refractivity contribution >= 4 is 6.03 Å². The number of hydrogen-bond donors (Lipinski definition) is 1. The van der Waals surface area contributed by atoms with E-state index in [-0.39, 0.29) is 6.03 Å². The van der Waals surface area contributed by atoms with Crippen molar-refractivity contribution in [1.29, 1.82) is 0 Å². The van der Waals surface area contributed by atoms with Crippen molar-refractivity contribution in [2.45, 2.75) is 39.8 Å². The molecule has 0 radical (unpaired) electrons. The monoisotopic (exact) mass is 284 g/mol. The summed E-state index contributed by atoms with van der Waals surface area (Å²) in [5.74, 6) is 0.496. The molecule has 2 amide bonds. The Morgan fingerprint density at radius 2 is 1.80 bits per heavy atom. The number of nitrogens with zero attached hydrogens (tertiary/aromatic N) is 3. The summed E-state index contributed by atoms with van der Waals surface area (Å²) in [7, 11) is 4.20. The number of carbonyl (C=O) groups excluding carboxylic acids is 1. The predicted molar refractivity (Wildman–Crippen MR) is 84.0 cm³/mol. The molecule has 0 aromatic carbocycles.